The minimum absolute atomic E-state index is 0.0973. The number of nitrogens with zero attached hydrogens (tertiary/aromatic N) is 4. The largest absolute Gasteiger partial charge is 0.398 e. The molecule has 2 N–H and O–H groups in total. The van der Waals surface area contributed by atoms with Gasteiger partial charge in [0, 0.05) is 0 Å². The van der Waals surface area contributed by atoms with Crippen molar-refractivity contribution >= 4 is 15.7 Å². The SMILES string of the molecule is N#CCN(CC#N)S(=O)(=O)c1ccc(C#N)cc1N. The molecule has 0 unspecified atom stereocenters. The molecule has 0 bridgehead atoms. The van der Waals surface area contributed by atoms with E-state index in [1.807, 2.05) is 6.07 Å². The van der Waals surface area contributed by atoms with Gasteiger partial charge in [0.05, 0.1) is 29.5 Å². The molecule has 0 radical (unpaired) electrons. The third kappa shape index (κ3) is 2.99. The number of benzene rings is 1. The van der Waals surface area contributed by atoms with Crippen molar-refractivity contribution in [2.75, 3.05) is 18.8 Å². The number of hydrogen-bond acceptors (Lipinski definition) is 6. The van der Waals surface area contributed by atoms with Crippen LogP contribution in [-0.2, 0) is 10.0 Å². The highest BCUT2D eigenvalue weighted by molar-refractivity contribution is 7.89. The lowest BCUT2D eigenvalue weighted by Gasteiger charge is -2.17. The second-order valence-electron chi connectivity index (χ2n) is 3.45. The van der Waals surface area contributed by atoms with E-state index in [0.717, 1.165) is 0 Å². The molecule has 1 rings (SSSR count). The van der Waals surface area contributed by atoms with E-state index in [0.29, 0.717) is 4.31 Å². The topological polar surface area (TPSA) is 135 Å². The molecule has 0 atom stereocenters. The van der Waals surface area contributed by atoms with Crippen LogP contribution in [0.15, 0.2) is 23.1 Å². The fraction of sp³-hybridized carbons (Fsp3) is 0.182. The average Bonchev–Trinajstić information content (AvgIpc) is 2.38. The first-order valence-electron chi connectivity index (χ1n) is 5.01. The van der Waals surface area contributed by atoms with Crippen LogP contribution in [0.4, 0.5) is 5.69 Å². The Hall–Kier alpha value is -2.60. The van der Waals surface area contributed by atoms with Gasteiger partial charge in [-0.1, -0.05) is 0 Å². The minimum atomic E-state index is -4.03. The van der Waals surface area contributed by atoms with Gasteiger partial charge in [-0.05, 0) is 18.2 Å². The zero-order chi connectivity index (χ0) is 14.5. The summed E-state index contributed by atoms with van der Waals surface area (Å²) in [6.45, 7) is -0.898. The molecule has 0 fully saturated rings. The Kier molecular flexibility index (Phi) is 4.44. The lowest BCUT2D eigenvalue weighted by molar-refractivity contribution is 0.480. The number of nitrogens with two attached hydrogens (primary N) is 1. The van der Waals surface area contributed by atoms with E-state index >= 15 is 0 Å². The van der Waals surface area contributed by atoms with Crippen LogP contribution in [0, 0.1) is 34.0 Å². The summed E-state index contributed by atoms with van der Waals surface area (Å²) in [4.78, 5) is -0.225. The predicted molar refractivity (Wildman–Crippen MR) is 65.6 cm³/mol. The van der Waals surface area contributed by atoms with Crippen molar-refractivity contribution in [3.05, 3.63) is 23.8 Å². The summed E-state index contributed by atoms with van der Waals surface area (Å²) in [6.07, 6.45) is 0. The van der Waals surface area contributed by atoms with Gasteiger partial charge in [0.15, 0.2) is 0 Å². The first kappa shape index (κ1) is 14.5. The third-order valence-corrected chi connectivity index (χ3v) is 4.12. The van der Waals surface area contributed by atoms with Gasteiger partial charge in [-0.2, -0.15) is 20.1 Å². The minimum Gasteiger partial charge on any atom is -0.398 e. The van der Waals surface area contributed by atoms with Crippen LogP contribution in [0.2, 0.25) is 0 Å². The van der Waals surface area contributed by atoms with E-state index in [1.165, 1.54) is 18.2 Å². The van der Waals surface area contributed by atoms with Gasteiger partial charge in [-0.15, -0.1) is 0 Å². The number of rotatable bonds is 4. The Morgan fingerprint density at radius 3 is 2.16 bits per heavy atom. The summed E-state index contributed by atoms with van der Waals surface area (Å²) in [7, 11) is -4.03. The Bertz CT molecular complexity index is 690. The van der Waals surface area contributed by atoms with Crippen LogP contribution in [0.5, 0.6) is 0 Å². The second kappa shape index (κ2) is 5.83. The molecule has 0 amide bonds. The number of sulfonamides is 1. The number of anilines is 1. The smallest absolute Gasteiger partial charge is 0.247 e. The molecular weight excluding hydrogens is 266 g/mol. The van der Waals surface area contributed by atoms with Crippen LogP contribution in [0.25, 0.3) is 0 Å². The summed E-state index contributed by atoms with van der Waals surface area (Å²) in [6, 6.07) is 8.90. The average molecular weight is 275 g/mol. The van der Waals surface area contributed by atoms with E-state index in [-0.39, 0.29) is 16.1 Å². The van der Waals surface area contributed by atoms with Crippen LogP contribution in [0.3, 0.4) is 0 Å². The third-order valence-electron chi connectivity index (χ3n) is 2.25. The Morgan fingerprint density at radius 1 is 1.16 bits per heavy atom. The van der Waals surface area contributed by atoms with Gasteiger partial charge in [0.2, 0.25) is 10.0 Å². The number of nitriles is 3. The summed E-state index contributed by atoms with van der Waals surface area (Å²) >= 11 is 0. The zero-order valence-corrected chi connectivity index (χ0v) is 10.6. The molecule has 0 saturated heterocycles. The van der Waals surface area contributed by atoms with Crippen LogP contribution >= 0.6 is 0 Å². The molecule has 0 heterocycles. The van der Waals surface area contributed by atoms with Crippen LogP contribution < -0.4 is 5.73 Å². The maximum absolute atomic E-state index is 12.2. The maximum atomic E-state index is 12.2. The first-order valence-corrected chi connectivity index (χ1v) is 6.45. The fourth-order valence-electron chi connectivity index (χ4n) is 1.38. The molecule has 19 heavy (non-hydrogen) atoms. The summed E-state index contributed by atoms with van der Waals surface area (Å²) in [5, 5.41) is 25.9. The molecule has 0 aliphatic carbocycles. The van der Waals surface area contributed by atoms with Gasteiger partial charge in [-0.3, -0.25) is 0 Å². The summed E-state index contributed by atoms with van der Waals surface area (Å²) < 4.78 is 25.1. The standard InChI is InChI=1S/C11H9N5O2S/c12-3-5-16(6-4-13)19(17,18)11-2-1-9(8-14)7-10(11)15/h1-2,7H,5-6,15H2. The highest BCUT2D eigenvalue weighted by Gasteiger charge is 2.26. The van der Waals surface area contributed by atoms with E-state index in [4.69, 9.17) is 21.5 Å². The van der Waals surface area contributed by atoms with Crippen molar-refractivity contribution in [2.45, 2.75) is 4.90 Å². The van der Waals surface area contributed by atoms with Gasteiger partial charge >= 0.3 is 0 Å². The summed E-state index contributed by atoms with van der Waals surface area (Å²) in [5.41, 5.74) is 5.72. The van der Waals surface area contributed by atoms with Gasteiger partial charge in [-0.25, -0.2) is 8.42 Å². The summed E-state index contributed by atoms with van der Waals surface area (Å²) in [5.74, 6) is 0. The van der Waals surface area contributed by atoms with Gasteiger partial charge in [0.25, 0.3) is 0 Å². The van der Waals surface area contributed by atoms with Crippen molar-refractivity contribution in [3.8, 4) is 18.2 Å². The quantitative estimate of drug-likeness (QED) is 0.615. The molecule has 1 aromatic carbocycles. The van der Waals surface area contributed by atoms with Crippen molar-refractivity contribution < 1.29 is 8.42 Å². The molecule has 0 aromatic heterocycles. The first-order chi connectivity index (χ1) is 8.97. The molecule has 0 spiro atoms. The molecule has 7 nitrogen and oxygen atoms in total. The molecule has 1 aromatic rings. The van der Waals surface area contributed by atoms with E-state index in [1.54, 1.807) is 12.1 Å². The van der Waals surface area contributed by atoms with Crippen molar-refractivity contribution in [3.63, 3.8) is 0 Å². The predicted octanol–water partition coefficient (Wildman–Crippen LogP) is 0.178. The van der Waals surface area contributed by atoms with Crippen molar-refractivity contribution in [1.29, 1.82) is 15.8 Å². The normalized spacial score (nSPS) is 10.4. The molecule has 0 aliphatic heterocycles. The molecule has 0 aliphatic rings. The molecule has 8 heteroatoms. The van der Waals surface area contributed by atoms with E-state index in [9.17, 15) is 8.42 Å². The Labute approximate surface area is 110 Å². The zero-order valence-electron chi connectivity index (χ0n) is 9.74. The van der Waals surface area contributed by atoms with Gasteiger partial charge in [0.1, 0.15) is 18.0 Å². The monoisotopic (exact) mass is 275 g/mol. The van der Waals surface area contributed by atoms with Crippen molar-refractivity contribution in [1.82, 2.24) is 4.31 Å². The van der Waals surface area contributed by atoms with E-state index < -0.39 is 23.1 Å². The van der Waals surface area contributed by atoms with Crippen LogP contribution in [0.1, 0.15) is 5.56 Å². The molecule has 0 saturated carbocycles. The van der Waals surface area contributed by atoms with Gasteiger partial charge < -0.3 is 5.73 Å². The van der Waals surface area contributed by atoms with Crippen LogP contribution in [-0.4, -0.2) is 25.8 Å². The molecule has 96 valence electrons. The maximum Gasteiger partial charge on any atom is 0.247 e. The molecular formula is C11H9N5O2S. The fourth-order valence-corrected chi connectivity index (χ4v) is 2.71. The van der Waals surface area contributed by atoms with Crippen molar-refractivity contribution in [2.24, 2.45) is 0 Å². The lowest BCUT2D eigenvalue weighted by Crippen LogP contribution is -2.32. The van der Waals surface area contributed by atoms with E-state index in [2.05, 4.69) is 0 Å². The highest BCUT2D eigenvalue weighted by Crippen LogP contribution is 2.23. The number of hydrogen-bond donors (Lipinski definition) is 1. The second-order valence-corrected chi connectivity index (χ2v) is 5.36. The highest BCUT2D eigenvalue weighted by atomic mass is 32.2. The number of nitrogen functional groups attached to an aromatic ring is 1. The Balaban J connectivity index is 3.31. The lowest BCUT2D eigenvalue weighted by atomic mass is 10.2. The Morgan fingerprint density at radius 2 is 1.74 bits per heavy atom.